The van der Waals surface area contributed by atoms with Gasteiger partial charge >= 0.3 is 0 Å². The highest BCUT2D eigenvalue weighted by Gasteiger charge is 2.26. The fourth-order valence-corrected chi connectivity index (χ4v) is 3.71. The number of hydrogen-bond acceptors (Lipinski definition) is 1. The van der Waals surface area contributed by atoms with E-state index in [9.17, 15) is 9.50 Å². The molecule has 3 rings (SSSR count). The van der Waals surface area contributed by atoms with Gasteiger partial charge in [0.2, 0.25) is 0 Å². The summed E-state index contributed by atoms with van der Waals surface area (Å²) < 4.78 is 14.0. The molecule has 0 bridgehead atoms. The summed E-state index contributed by atoms with van der Waals surface area (Å²) in [6.45, 7) is 0. The molecular weight excluding hydrogens is 331 g/mol. The molecule has 1 N–H and O–H groups in total. The quantitative estimate of drug-likeness (QED) is 0.771. The number of hydrogen-bond donors (Lipinski definition) is 1. The van der Waals surface area contributed by atoms with E-state index in [-0.39, 0.29) is 11.7 Å². The van der Waals surface area contributed by atoms with Gasteiger partial charge in [0.25, 0.3) is 0 Å². The first-order valence-corrected chi connectivity index (χ1v) is 8.14. The Morgan fingerprint density at radius 3 is 2.81 bits per heavy atom. The van der Waals surface area contributed by atoms with Crippen molar-refractivity contribution in [3.8, 4) is 0 Å². The Hall–Kier alpha value is -1.19. The summed E-state index contributed by atoms with van der Waals surface area (Å²) in [5.41, 5.74) is 3.36. The standard InChI is InChI=1S/C18H18BrFO/c19-17-11-15(20)9-8-13(17)10-14-6-3-5-12-4-1-2-7-16(12)18(14)21/h1-2,4,7-9,11,14,18,21H,3,5-6,10H2. The summed E-state index contributed by atoms with van der Waals surface area (Å²) in [6, 6.07) is 12.9. The number of halogens is 2. The number of benzene rings is 2. The van der Waals surface area contributed by atoms with E-state index in [0.717, 1.165) is 41.3 Å². The average Bonchev–Trinajstić information content (AvgIpc) is 2.63. The molecule has 0 spiro atoms. The van der Waals surface area contributed by atoms with Crippen molar-refractivity contribution in [3.05, 3.63) is 69.4 Å². The van der Waals surface area contributed by atoms with Crippen LogP contribution in [0.25, 0.3) is 0 Å². The van der Waals surface area contributed by atoms with Gasteiger partial charge in [-0.2, -0.15) is 0 Å². The Balaban J connectivity index is 1.86. The average molecular weight is 349 g/mol. The first kappa shape index (κ1) is 14.7. The molecule has 1 aliphatic rings. The van der Waals surface area contributed by atoms with Crippen molar-refractivity contribution >= 4 is 15.9 Å². The molecule has 0 aromatic heterocycles. The summed E-state index contributed by atoms with van der Waals surface area (Å²) in [5, 5.41) is 10.7. The third-order valence-corrected chi connectivity index (χ3v) is 5.08. The molecule has 0 saturated carbocycles. The normalized spacial score (nSPS) is 21.7. The molecular formula is C18H18BrFO. The topological polar surface area (TPSA) is 20.2 Å². The SMILES string of the molecule is OC1c2ccccc2CCCC1Cc1ccc(F)cc1Br. The van der Waals surface area contributed by atoms with E-state index < -0.39 is 6.10 Å². The maximum Gasteiger partial charge on any atom is 0.124 e. The van der Waals surface area contributed by atoms with Crippen molar-refractivity contribution in [1.82, 2.24) is 0 Å². The lowest BCUT2D eigenvalue weighted by Gasteiger charge is -2.22. The molecule has 110 valence electrons. The summed E-state index contributed by atoms with van der Waals surface area (Å²) in [4.78, 5) is 0. The Labute approximate surface area is 132 Å². The highest BCUT2D eigenvalue weighted by molar-refractivity contribution is 9.10. The van der Waals surface area contributed by atoms with Crippen LogP contribution in [0, 0.1) is 11.7 Å². The summed E-state index contributed by atoms with van der Waals surface area (Å²) in [6.07, 6.45) is 3.41. The number of aliphatic hydroxyl groups is 1. The Morgan fingerprint density at radius 2 is 2.00 bits per heavy atom. The summed E-state index contributed by atoms with van der Waals surface area (Å²) in [7, 11) is 0. The zero-order valence-corrected chi connectivity index (χ0v) is 13.3. The predicted octanol–water partition coefficient (Wildman–Crippen LogP) is 4.82. The van der Waals surface area contributed by atoms with Crippen LogP contribution in [-0.4, -0.2) is 5.11 Å². The minimum absolute atomic E-state index is 0.176. The highest BCUT2D eigenvalue weighted by atomic mass is 79.9. The third kappa shape index (κ3) is 3.19. The molecule has 2 unspecified atom stereocenters. The smallest absolute Gasteiger partial charge is 0.124 e. The van der Waals surface area contributed by atoms with Crippen LogP contribution in [0.4, 0.5) is 4.39 Å². The second-order valence-electron chi connectivity index (χ2n) is 5.74. The zero-order chi connectivity index (χ0) is 14.8. The monoisotopic (exact) mass is 348 g/mol. The number of aliphatic hydroxyl groups excluding tert-OH is 1. The molecule has 1 aliphatic carbocycles. The van der Waals surface area contributed by atoms with E-state index >= 15 is 0 Å². The van der Waals surface area contributed by atoms with Crippen LogP contribution in [-0.2, 0) is 12.8 Å². The molecule has 2 aromatic carbocycles. The molecule has 1 nitrogen and oxygen atoms in total. The molecule has 3 heteroatoms. The molecule has 0 saturated heterocycles. The van der Waals surface area contributed by atoms with E-state index in [1.165, 1.54) is 17.7 Å². The van der Waals surface area contributed by atoms with Crippen LogP contribution in [0.15, 0.2) is 46.9 Å². The first-order chi connectivity index (χ1) is 10.1. The molecule has 21 heavy (non-hydrogen) atoms. The molecule has 0 heterocycles. The van der Waals surface area contributed by atoms with Gasteiger partial charge in [0.05, 0.1) is 6.10 Å². The second kappa shape index (κ2) is 6.29. The van der Waals surface area contributed by atoms with Gasteiger partial charge in [0, 0.05) is 4.47 Å². The van der Waals surface area contributed by atoms with Crippen LogP contribution in [0.3, 0.4) is 0 Å². The predicted molar refractivity (Wildman–Crippen MR) is 85.6 cm³/mol. The Bertz CT molecular complexity index is 641. The second-order valence-corrected chi connectivity index (χ2v) is 6.59. The lowest BCUT2D eigenvalue weighted by atomic mass is 9.88. The van der Waals surface area contributed by atoms with Crippen molar-refractivity contribution in [1.29, 1.82) is 0 Å². The fraction of sp³-hybridized carbons (Fsp3) is 0.333. The zero-order valence-electron chi connectivity index (χ0n) is 11.7. The minimum atomic E-state index is -0.444. The Kier molecular flexibility index (Phi) is 4.41. The number of rotatable bonds is 2. The summed E-state index contributed by atoms with van der Waals surface area (Å²) in [5.74, 6) is -0.0622. The van der Waals surface area contributed by atoms with Crippen molar-refractivity contribution in [3.63, 3.8) is 0 Å². The lowest BCUT2D eigenvalue weighted by Crippen LogP contribution is -2.15. The molecule has 0 aliphatic heterocycles. The maximum absolute atomic E-state index is 13.2. The van der Waals surface area contributed by atoms with Gasteiger partial charge in [-0.3, -0.25) is 0 Å². The van der Waals surface area contributed by atoms with E-state index in [1.54, 1.807) is 0 Å². The molecule has 0 fully saturated rings. The molecule has 2 atom stereocenters. The van der Waals surface area contributed by atoms with Crippen LogP contribution >= 0.6 is 15.9 Å². The fourth-order valence-electron chi connectivity index (χ4n) is 3.20. The van der Waals surface area contributed by atoms with Crippen LogP contribution < -0.4 is 0 Å². The van der Waals surface area contributed by atoms with E-state index in [0.29, 0.717) is 0 Å². The van der Waals surface area contributed by atoms with Crippen LogP contribution in [0.5, 0.6) is 0 Å². The van der Waals surface area contributed by atoms with Gasteiger partial charge in [-0.05, 0) is 60.4 Å². The highest BCUT2D eigenvalue weighted by Crippen LogP contribution is 2.36. The molecule has 0 amide bonds. The maximum atomic E-state index is 13.2. The van der Waals surface area contributed by atoms with Crippen molar-refractivity contribution in [2.75, 3.05) is 0 Å². The largest absolute Gasteiger partial charge is 0.388 e. The van der Waals surface area contributed by atoms with Crippen molar-refractivity contribution < 1.29 is 9.50 Å². The van der Waals surface area contributed by atoms with Crippen molar-refractivity contribution in [2.45, 2.75) is 31.8 Å². The van der Waals surface area contributed by atoms with Gasteiger partial charge in [0.1, 0.15) is 5.82 Å². The van der Waals surface area contributed by atoms with Gasteiger partial charge in [-0.1, -0.05) is 46.3 Å². The minimum Gasteiger partial charge on any atom is -0.388 e. The van der Waals surface area contributed by atoms with Crippen molar-refractivity contribution in [2.24, 2.45) is 5.92 Å². The van der Waals surface area contributed by atoms with E-state index in [4.69, 9.17) is 0 Å². The van der Waals surface area contributed by atoms with Gasteiger partial charge in [0.15, 0.2) is 0 Å². The molecule has 2 aromatic rings. The first-order valence-electron chi connectivity index (χ1n) is 7.35. The number of fused-ring (bicyclic) bond motifs is 1. The molecule has 0 radical (unpaired) electrons. The number of aryl methyl sites for hydroxylation is 1. The van der Waals surface area contributed by atoms with E-state index in [1.807, 2.05) is 24.3 Å². The van der Waals surface area contributed by atoms with Gasteiger partial charge in [-0.15, -0.1) is 0 Å². The van der Waals surface area contributed by atoms with Gasteiger partial charge in [-0.25, -0.2) is 4.39 Å². The Morgan fingerprint density at radius 1 is 1.19 bits per heavy atom. The van der Waals surface area contributed by atoms with Gasteiger partial charge < -0.3 is 5.11 Å². The lowest BCUT2D eigenvalue weighted by molar-refractivity contribution is 0.105. The van der Waals surface area contributed by atoms with Crippen LogP contribution in [0.2, 0.25) is 0 Å². The van der Waals surface area contributed by atoms with E-state index in [2.05, 4.69) is 22.0 Å². The van der Waals surface area contributed by atoms with Crippen LogP contribution in [0.1, 0.15) is 35.6 Å². The summed E-state index contributed by atoms with van der Waals surface area (Å²) >= 11 is 3.42. The third-order valence-electron chi connectivity index (χ3n) is 4.34.